The molecule has 2 saturated heterocycles. The number of phosphoric acid groups is 2. The number of amides is 1. The van der Waals surface area contributed by atoms with Crippen LogP contribution in [0.1, 0.15) is 52.0 Å². The number of esters is 1. The second-order valence-corrected chi connectivity index (χ2v) is 17.6. The first kappa shape index (κ1) is 45.9. The Kier molecular flexibility index (Phi) is 15.2. The fourth-order valence-corrected chi connectivity index (χ4v) is 8.08. The van der Waals surface area contributed by atoms with E-state index >= 15 is 0 Å². The summed E-state index contributed by atoms with van der Waals surface area (Å²) in [4.78, 5) is 96.9. The van der Waals surface area contributed by atoms with Gasteiger partial charge in [0.1, 0.15) is 54.3 Å². The van der Waals surface area contributed by atoms with Crippen molar-refractivity contribution in [1.29, 1.82) is 0 Å². The summed E-state index contributed by atoms with van der Waals surface area (Å²) in [5, 5.41) is 13.5. The van der Waals surface area contributed by atoms with Crippen LogP contribution in [0, 0.1) is 0 Å². The Balaban J connectivity index is 1.38. The van der Waals surface area contributed by atoms with E-state index in [1.165, 1.54) is 29.2 Å². The van der Waals surface area contributed by atoms with Crippen molar-refractivity contribution in [2.24, 2.45) is 0 Å². The van der Waals surface area contributed by atoms with Gasteiger partial charge in [0.05, 0.1) is 19.5 Å². The second kappa shape index (κ2) is 19.5. The summed E-state index contributed by atoms with van der Waals surface area (Å²) in [6, 6.07) is -0.262. The highest BCUT2D eigenvalue weighted by molar-refractivity contribution is 8.14. The van der Waals surface area contributed by atoms with Crippen LogP contribution >= 0.6 is 27.4 Å². The summed E-state index contributed by atoms with van der Waals surface area (Å²) >= 11 is 0.924. The molecule has 0 saturated carbocycles. The van der Waals surface area contributed by atoms with Gasteiger partial charge in [-0.3, -0.25) is 32.3 Å². The van der Waals surface area contributed by atoms with Crippen molar-refractivity contribution >= 4 is 67.2 Å². The molecule has 28 heteroatoms. The average molecular weight is 892 g/mol. The number of aromatic nitrogens is 6. The number of carbonyl (C=O) groups excluding carboxylic acids is 3. The fourth-order valence-electron chi connectivity index (χ4n) is 5.99. The van der Waals surface area contributed by atoms with Crippen LogP contribution in [0.25, 0.3) is 11.2 Å². The van der Waals surface area contributed by atoms with Gasteiger partial charge in [-0.15, -0.1) is 6.58 Å². The number of nitrogens with two attached hydrogens (primary N) is 2. The Labute approximate surface area is 338 Å². The van der Waals surface area contributed by atoms with Crippen molar-refractivity contribution in [3.8, 4) is 0 Å². The number of anilines is 2. The topological polar surface area (TPSA) is 364 Å². The van der Waals surface area contributed by atoms with E-state index < -0.39 is 107 Å². The van der Waals surface area contributed by atoms with Crippen LogP contribution < -0.4 is 22.5 Å². The van der Waals surface area contributed by atoms with Crippen LogP contribution in [-0.2, 0) is 51.3 Å². The average Bonchev–Trinajstić information content (AvgIpc) is 3.83. The summed E-state index contributed by atoms with van der Waals surface area (Å²) in [5.41, 5.74) is 10.8. The van der Waals surface area contributed by atoms with Gasteiger partial charge in [-0.25, -0.2) is 33.7 Å². The zero-order chi connectivity index (χ0) is 43.2. The van der Waals surface area contributed by atoms with Gasteiger partial charge >= 0.3 is 27.3 Å². The Morgan fingerprint density at radius 1 is 1.10 bits per heavy atom. The third-order valence-corrected chi connectivity index (χ3v) is 11.0. The van der Waals surface area contributed by atoms with Gasteiger partial charge < -0.3 is 50.8 Å². The van der Waals surface area contributed by atoms with E-state index in [2.05, 4.69) is 36.4 Å². The quantitative estimate of drug-likeness (QED) is 0.0466. The molecule has 59 heavy (non-hydrogen) atoms. The molecular weight excluding hydrogens is 848 g/mol. The van der Waals surface area contributed by atoms with E-state index in [0.717, 1.165) is 22.7 Å². The van der Waals surface area contributed by atoms with E-state index in [-0.39, 0.29) is 47.3 Å². The fraction of sp³-hybridized carbons (Fsp3) is 0.548. The Morgan fingerprint density at radius 3 is 2.51 bits per heavy atom. The molecular formula is C31H43N9O16P2S. The first-order valence-corrected chi connectivity index (χ1v) is 21.6. The van der Waals surface area contributed by atoms with Crippen LogP contribution in [0.3, 0.4) is 0 Å². The number of nitrogens with zero attached hydrogens (tertiary/aromatic N) is 6. The standard InChI is InChI=1S/C31H43N9O16P2S/c1-4-5-6-21(41)37-16(9-23(42)59-15(2)3)30(44)55-26-19(54-29(25(26)43)40-14-36-24-27(33)34-13-35-28(24)40)12-52-58(49,50)56-17-10-22(39-8-7-20(32)38-31(39)45)53-18(17)11-51-57(46,47)48/h4,7-8,13-19,22,25-26,29,43H,1,5-6,9-12H2,2-3H3,(H,37,41)(H,49,50)(H2,32,38,45)(H2,33,34,35)(H2,46,47,48)/t16-,17+,18-,19+,22-,25-,26-,29-/m1/s1. The van der Waals surface area contributed by atoms with Crippen molar-refractivity contribution in [3.05, 3.63) is 48.1 Å². The molecule has 0 spiro atoms. The number of nitrogen functional groups attached to an aromatic ring is 2. The zero-order valence-corrected chi connectivity index (χ0v) is 34.0. The molecule has 0 aliphatic carbocycles. The Bertz CT molecular complexity index is 2170. The first-order chi connectivity index (χ1) is 27.7. The van der Waals surface area contributed by atoms with E-state index in [9.17, 15) is 48.1 Å². The van der Waals surface area contributed by atoms with E-state index in [4.69, 9.17) is 34.7 Å². The summed E-state index contributed by atoms with van der Waals surface area (Å²) in [6.45, 7) is 5.28. The van der Waals surface area contributed by atoms with Crippen molar-refractivity contribution in [3.63, 3.8) is 0 Å². The number of nitrogens with one attached hydrogen (secondary N) is 1. The SMILES string of the molecule is C=CCCC(=O)N[C@H](CC(=O)SC(C)C)C(=O)O[C@H]1[C@@H](O)[C@H](n2cnc3c(N)ncnc32)O[C@H]1COP(=O)(O)O[C@H]1C[C@H](n2ccc(N)nc2=O)O[C@@H]1COP(=O)(O)O. The molecule has 3 aromatic heterocycles. The minimum absolute atomic E-state index is 0.0124. The minimum atomic E-state index is -5.24. The number of aliphatic hydroxyl groups is 1. The largest absolute Gasteiger partial charge is 0.472 e. The lowest BCUT2D eigenvalue weighted by atomic mass is 10.1. The van der Waals surface area contributed by atoms with E-state index in [1.807, 2.05) is 0 Å². The van der Waals surface area contributed by atoms with Gasteiger partial charge in [0, 0.05) is 30.7 Å². The Hall–Kier alpha value is -4.17. The number of rotatable bonds is 19. The maximum atomic E-state index is 13.7. The minimum Gasteiger partial charge on any atom is -0.455 e. The third-order valence-electron chi connectivity index (χ3n) is 8.58. The Morgan fingerprint density at radius 2 is 1.83 bits per heavy atom. The predicted molar refractivity (Wildman–Crippen MR) is 203 cm³/mol. The predicted octanol–water partition coefficient (Wildman–Crippen LogP) is -0.174. The number of aliphatic hydroxyl groups excluding tert-OH is 1. The summed E-state index contributed by atoms with van der Waals surface area (Å²) in [5.74, 6) is -1.89. The lowest BCUT2D eigenvalue weighted by Gasteiger charge is -2.25. The van der Waals surface area contributed by atoms with Gasteiger partial charge in [-0.1, -0.05) is 31.7 Å². The molecule has 2 fully saturated rings. The number of fused-ring (bicyclic) bond motifs is 1. The van der Waals surface area contributed by atoms with Gasteiger partial charge in [0.2, 0.25) is 5.91 Å². The second-order valence-electron chi connectivity index (χ2n) is 13.3. The molecule has 5 rings (SSSR count). The van der Waals surface area contributed by atoms with Crippen LogP contribution in [0.15, 0.2) is 42.4 Å². The number of hydrogen-bond acceptors (Lipinski definition) is 20. The molecule has 1 amide bonds. The molecule has 0 aromatic carbocycles. The maximum absolute atomic E-state index is 13.7. The van der Waals surface area contributed by atoms with E-state index in [1.54, 1.807) is 13.8 Å². The van der Waals surface area contributed by atoms with Crippen molar-refractivity contribution < 1.29 is 71.1 Å². The molecule has 324 valence electrons. The van der Waals surface area contributed by atoms with E-state index in [0.29, 0.717) is 0 Å². The number of phosphoric ester groups is 2. The number of ether oxygens (including phenoxy) is 3. The highest BCUT2D eigenvalue weighted by atomic mass is 32.2. The molecule has 3 aromatic rings. The summed E-state index contributed by atoms with van der Waals surface area (Å²) in [7, 11) is -10.3. The summed E-state index contributed by atoms with van der Waals surface area (Å²) in [6.07, 6.45) is -6.33. The van der Waals surface area contributed by atoms with Crippen LogP contribution in [0.2, 0.25) is 0 Å². The van der Waals surface area contributed by atoms with Crippen molar-refractivity contribution in [2.75, 3.05) is 24.7 Å². The molecule has 0 bridgehead atoms. The van der Waals surface area contributed by atoms with Crippen LogP contribution in [0.4, 0.5) is 11.6 Å². The lowest BCUT2D eigenvalue weighted by Crippen LogP contribution is -2.47. The maximum Gasteiger partial charge on any atom is 0.472 e. The van der Waals surface area contributed by atoms with Crippen LogP contribution in [0.5, 0.6) is 0 Å². The molecule has 1 unspecified atom stereocenters. The zero-order valence-electron chi connectivity index (χ0n) is 31.4. The number of hydrogen-bond donors (Lipinski definition) is 7. The first-order valence-electron chi connectivity index (χ1n) is 17.7. The third kappa shape index (κ3) is 12.2. The number of imidazole rings is 1. The van der Waals surface area contributed by atoms with Gasteiger partial charge in [0.25, 0.3) is 0 Å². The summed E-state index contributed by atoms with van der Waals surface area (Å²) < 4.78 is 59.7. The molecule has 2 aliphatic rings. The highest BCUT2D eigenvalue weighted by Crippen LogP contribution is 2.50. The normalized spacial score (nSPS) is 24.8. The van der Waals surface area contributed by atoms with Gasteiger partial charge in [0.15, 0.2) is 28.9 Å². The molecule has 9 atom stereocenters. The van der Waals surface area contributed by atoms with Crippen LogP contribution in [-0.4, -0.2) is 121 Å². The number of thioether (sulfide) groups is 1. The molecule has 2 aliphatic heterocycles. The highest BCUT2D eigenvalue weighted by Gasteiger charge is 2.50. The number of carbonyl (C=O) groups is 3. The molecule has 0 radical (unpaired) electrons. The molecule has 5 heterocycles. The lowest BCUT2D eigenvalue weighted by molar-refractivity contribution is -0.160. The smallest absolute Gasteiger partial charge is 0.455 e. The van der Waals surface area contributed by atoms with Crippen molar-refractivity contribution in [1.82, 2.24) is 34.4 Å². The molecule has 9 N–H and O–H groups in total. The van der Waals surface area contributed by atoms with Gasteiger partial charge in [-0.2, -0.15) is 4.98 Å². The van der Waals surface area contributed by atoms with Gasteiger partial charge in [-0.05, 0) is 12.5 Å². The molecule has 25 nitrogen and oxygen atoms in total. The number of allylic oxidation sites excluding steroid dienone is 1. The monoisotopic (exact) mass is 891 g/mol. The van der Waals surface area contributed by atoms with Crippen molar-refractivity contribution in [2.45, 2.75) is 93.8 Å².